The summed E-state index contributed by atoms with van der Waals surface area (Å²) < 4.78 is 13.0. The lowest BCUT2D eigenvalue weighted by molar-refractivity contribution is 0.0699. The van der Waals surface area contributed by atoms with E-state index in [-0.39, 0.29) is 18.6 Å². The molecule has 1 aliphatic carbocycles. The van der Waals surface area contributed by atoms with Crippen LogP contribution >= 0.6 is 0 Å². The van der Waals surface area contributed by atoms with E-state index < -0.39 is 0 Å². The van der Waals surface area contributed by atoms with E-state index in [1.165, 1.54) is 0 Å². The molecule has 2 saturated heterocycles. The molecule has 4 heterocycles. The van der Waals surface area contributed by atoms with E-state index in [0.717, 1.165) is 79.4 Å². The van der Waals surface area contributed by atoms with Crippen LogP contribution in [0.1, 0.15) is 41.6 Å². The second-order valence-corrected chi connectivity index (χ2v) is 10.6. The summed E-state index contributed by atoms with van der Waals surface area (Å²) in [6, 6.07) is 8.09. The number of nitrogens with zero attached hydrogens (tertiary/aromatic N) is 4. The number of anilines is 2. The molecule has 2 aromatic heterocycles. The summed E-state index contributed by atoms with van der Waals surface area (Å²) in [6.45, 7) is 6.09. The molecule has 2 aliphatic heterocycles. The average molecular weight is 521 g/mol. The van der Waals surface area contributed by atoms with Crippen molar-refractivity contribution >= 4 is 23.2 Å². The van der Waals surface area contributed by atoms with Crippen LogP contribution in [0.15, 0.2) is 30.5 Å². The Morgan fingerprint density at radius 1 is 1.13 bits per heavy atom. The van der Waals surface area contributed by atoms with Crippen molar-refractivity contribution in [2.45, 2.75) is 44.7 Å². The number of carbonyl (C=O) groups excluding carboxylic acids is 1. The van der Waals surface area contributed by atoms with E-state index >= 15 is 0 Å². The number of amides is 1. The summed E-state index contributed by atoms with van der Waals surface area (Å²) >= 11 is 0. The third-order valence-electron chi connectivity index (χ3n) is 7.80. The predicted molar refractivity (Wildman–Crippen MR) is 145 cm³/mol. The highest BCUT2D eigenvalue weighted by Gasteiger charge is 2.27. The molecular weight excluding hydrogens is 484 g/mol. The van der Waals surface area contributed by atoms with Gasteiger partial charge in [0.15, 0.2) is 5.65 Å². The SMILES string of the molecule is Cc1cc(-c2cnn3c(NCC4CCOCC4)cc(N4CCOC[C@H]4CO)nc23)ccc1C(=O)NC1CC1. The van der Waals surface area contributed by atoms with Gasteiger partial charge in [-0.05, 0) is 55.7 Å². The highest BCUT2D eigenvalue weighted by molar-refractivity contribution is 5.97. The van der Waals surface area contributed by atoms with Gasteiger partial charge in [0.2, 0.25) is 0 Å². The summed E-state index contributed by atoms with van der Waals surface area (Å²) in [4.78, 5) is 19.8. The Bertz CT molecular complexity index is 1300. The third-order valence-corrected chi connectivity index (χ3v) is 7.80. The van der Waals surface area contributed by atoms with Crippen LogP contribution in [-0.2, 0) is 9.47 Å². The Balaban J connectivity index is 1.36. The highest BCUT2D eigenvalue weighted by Crippen LogP contribution is 2.31. The zero-order chi connectivity index (χ0) is 26.1. The Labute approximate surface area is 222 Å². The molecule has 10 heteroatoms. The van der Waals surface area contributed by atoms with Crippen molar-refractivity contribution in [2.24, 2.45) is 5.92 Å². The minimum atomic E-state index is -0.153. The Morgan fingerprint density at radius 3 is 2.74 bits per heavy atom. The number of nitrogens with one attached hydrogen (secondary N) is 2. The first kappa shape index (κ1) is 25.1. The number of fused-ring (bicyclic) bond motifs is 1. The third kappa shape index (κ3) is 5.21. The van der Waals surface area contributed by atoms with Crippen LogP contribution in [-0.4, -0.2) is 83.8 Å². The van der Waals surface area contributed by atoms with E-state index in [0.29, 0.717) is 37.3 Å². The lowest BCUT2D eigenvalue weighted by atomic mass is 10.0. The van der Waals surface area contributed by atoms with Gasteiger partial charge in [0.1, 0.15) is 11.6 Å². The maximum absolute atomic E-state index is 12.7. The Kier molecular flexibility index (Phi) is 7.18. The lowest BCUT2D eigenvalue weighted by Crippen LogP contribution is -2.48. The van der Waals surface area contributed by atoms with E-state index in [1.807, 2.05) is 41.9 Å². The van der Waals surface area contributed by atoms with E-state index in [9.17, 15) is 9.90 Å². The topological polar surface area (TPSA) is 113 Å². The smallest absolute Gasteiger partial charge is 0.251 e. The maximum Gasteiger partial charge on any atom is 0.251 e. The lowest BCUT2D eigenvalue weighted by Gasteiger charge is -2.35. The molecule has 1 saturated carbocycles. The monoisotopic (exact) mass is 520 g/mol. The highest BCUT2D eigenvalue weighted by atomic mass is 16.5. The van der Waals surface area contributed by atoms with Crippen LogP contribution in [0.5, 0.6) is 0 Å². The molecule has 202 valence electrons. The van der Waals surface area contributed by atoms with Crippen LogP contribution in [0.25, 0.3) is 16.8 Å². The van der Waals surface area contributed by atoms with Crippen molar-refractivity contribution in [3.63, 3.8) is 0 Å². The van der Waals surface area contributed by atoms with Gasteiger partial charge in [-0.3, -0.25) is 4.79 Å². The molecule has 3 aliphatic rings. The van der Waals surface area contributed by atoms with Gasteiger partial charge in [0.25, 0.3) is 5.91 Å². The van der Waals surface area contributed by atoms with Crippen LogP contribution in [0, 0.1) is 12.8 Å². The van der Waals surface area contributed by atoms with Gasteiger partial charge in [0.05, 0.1) is 32.1 Å². The average Bonchev–Trinajstić information content (AvgIpc) is 3.66. The van der Waals surface area contributed by atoms with Crippen molar-refractivity contribution in [3.05, 3.63) is 41.6 Å². The van der Waals surface area contributed by atoms with Crippen molar-refractivity contribution < 1.29 is 19.4 Å². The van der Waals surface area contributed by atoms with Gasteiger partial charge >= 0.3 is 0 Å². The summed E-state index contributed by atoms with van der Waals surface area (Å²) in [5.41, 5.74) is 4.20. The van der Waals surface area contributed by atoms with Gasteiger partial charge in [-0.1, -0.05) is 12.1 Å². The Morgan fingerprint density at radius 2 is 1.97 bits per heavy atom. The zero-order valence-corrected chi connectivity index (χ0v) is 21.9. The number of aliphatic hydroxyl groups excluding tert-OH is 1. The van der Waals surface area contributed by atoms with Crippen molar-refractivity contribution in [1.29, 1.82) is 0 Å². The Hall–Kier alpha value is -3.21. The molecule has 0 spiro atoms. The molecule has 0 radical (unpaired) electrons. The van der Waals surface area contributed by atoms with Gasteiger partial charge in [-0.15, -0.1) is 0 Å². The molecule has 3 N–H and O–H groups in total. The number of aryl methyl sites for hydroxylation is 1. The fraction of sp³-hybridized carbons (Fsp3) is 0.536. The minimum Gasteiger partial charge on any atom is -0.394 e. The van der Waals surface area contributed by atoms with Crippen molar-refractivity contribution in [2.75, 3.05) is 56.3 Å². The summed E-state index contributed by atoms with van der Waals surface area (Å²) in [7, 11) is 0. The molecule has 3 fully saturated rings. The number of carbonyl (C=O) groups is 1. The molecule has 10 nitrogen and oxygen atoms in total. The molecule has 1 atom stereocenters. The van der Waals surface area contributed by atoms with Crippen LogP contribution < -0.4 is 15.5 Å². The quantitative estimate of drug-likeness (QED) is 0.416. The number of benzene rings is 1. The standard InChI is InChI=1S/C28H36N6O4/c1-18-12-20(2-5-23(18)28(36)31-21-3-4-21)24-15-30-34-25(29-14-19-6-9-37-10-7-19)13-26(32-27(24)34)33-8-11-38-17-22(33)16-35/h2,5,12-13,15,19,21-22,29,35H,3-4,6-11,14,16-17H2,1H3,(H,31,36)/t22-/m1/s1. The first-order valence-corrected chi connectivity index (χ1v) is 13.7. The number of aliphatic hydroxyl groups is 1. The molecule has 0 unspecified atom stereocenters. The molecule has 38 heavy (non-hydrogen) atoms. The normalized spacial score (nSPS) is 20.6. The molecule has 1 aromatic carbocycles. The number of rotatable bonds is 8. The summed E-state index contributed by atoms with van der Waals surface area (Å²) in [5.74, 6) is 2.17. The predicted octanol–water partition coefficient (Wildman–Crippen LogP) is 2.63. The fourth-order valence-corrected chi connectivity index (χ4v) is 5.31. The largest absolute Gasteiger partial charge is 0.394 e. The van der Waals surface area contributed by atoms with Crippen molar-refractivity contribution in [3.8, 4) is 11.1 Å². The molecule has 1 amide bonds. The number of morpholine rings is 1. The van der Waals surface area contributed by atoms with Gasteiger partial charge in [-0.2, -0.15) is 9.61 Å². The number of aromatic nitrogens is 3. The molecule has 6 rings (SSSR count). The zero-order valence-electron chi connectivity index (χ0n) is 21.9. The van der Waals surface area contributed by atoms with Gasteiger partial charge in [-0.25, -0.2) is 4.98 Å². The van der Waals surface area contributed by atoms with Crippen LogP contribution in [0.2, 0.25) is 0 Å². The second kappa shape index (κ2) is 10.9. The van der Waals surface area contributed by atoms with Crippen molar-refractivity contribution in [1.82, 2.24) is 19.9 Å². The van der Waals surface area contributed by atoms with Crippen LogP contribution in [0.3, 0.4) is 0 Å². The number of ether oxygens (including phenoxy) is 2. The van der Waals surface area contributed by atoms with Gasteiger partial charge in [0, 0.05) is 49.5 Å². The van der Waals surface area contributed by atoms with Crippen LogP contribution in [0.4, 0.5) is 11.6 Å². The van der Waals surface area contributed by atoms with E-state index in [4.69, 9.17) is 19.6 Å². The summed E-state index contributed by atoms with van der Waals surface area (Å²) in [5, 5.41) is 21.4. The molecule has 3 aromatic rings. The number of hydrogen-bond donors (Lipinski definition) is 3. The minimum absolute atomic E-state index is 0.00655. The first-order valence-electron chi connectivity index (χ1n) is 13.7. The second-order valence-electron chi connectivity index (χ2n) is 10.6. The van der Waals surface area contributed by atoms with E-state index in [1.54, 1.807) is 0 Å². The molecule has 0 bridgehead atoms. The molecular formula is C28H36N6O4. The maximum atomic E-state index is 12.7. The number of hydrogen-bond acceptors (Lipinski definition) is 8. The fourth-order valence-electron chi connectivity index (χ4n) is 5.31. The summed E-state index contributed by atoms with van der Waals surface area (Å²) in [6.07, 6.45) is 6.03. The van der Waals surface area contributed by atoms with Gasteiger partial charge < -0.3 is 30.1 Å². The first-order chi connectivity index (χ1) is 18.6. The van der Waals surface area contributed by atoms with E-state index in [2.05, 4.69) is 15.5 Å².